The number of carbonyl (C=O) groups excluding carboxylic acids is 1. The molecule has 0 atom stereocenters. The van der Waals surface area contributed by atoms with E-state index in [1.165, 1.54) is 12.8 Å². The van der Waals surface area contributed by atoms with Crippen LogP contribution in [-0.4, -0.2) is 24.3 Å². The summed E-state index contributed by atoms with van der Waals surface area (Å²) in [5.41, 5.74) is 1.83. The Bertz CT molecular complexity index is 436. The summed E-state index contributed by atoms with van der Waals surface area (Å²) in [6, 6.07) is 7.03. The first-order valence-electron chi connectivity index (χ1n) is 5.88. The summed E-state index contributed by atoms with van der Waals surface area (Å²) in [4.78, 5) is 14.2. The lowest BCUT2D eigenvalue weighted by Gasteiger charge is -2.27. The van der Waals surface area contributed by atoms with Gasteiger partial charge in [-0.15, -0.1) is 0 Å². The Hall–Kier alpha value is -1.28. The van der Waals surface area contributed by atoms with E-state index in [4.69, 9.17) is 11.6 Å². The Labute approximate surface area is 107 Å². The summed E-state index contributed by atoms with van der Waals surface area (Å²) >= 11 is 5.80. The second-order valence-corrected chi connectivity index (χ2v) is 4.82. The summed E-state index contributed by atoms with van der Waals surface area (Å²) in [7, 11) is 2.04. The molecule has 0 unspecified atom stereocenters. The molecule has 0 N–H and O–H groups in total. The van der Waals surface area contributed by atoms with Crippen LogP contribution < -0.4 is 0 Å². The van der Waals surface area contributed by atoms with Gasteiger partial charge >= 0.3 is 0 Å². The van der Waals surface area contributed by atoms with Crippen LogP contribution in [0.3, 0.4) is 0 Å². The van der Waals surface area contributed by atoms with Gasteiger partial charge in [0.2, 0.25) is 0 Å². The highest BCUT2D eigenvalue weighted by Crippen LogP contribution is 2.19. The average molecular weight is 250 g/mol. The molecule has 0 aromatic heterocycles. The van der Waals surface area contributed by atoms with E-state index in [0.717, 1.165) is 18.7 Å². The number of nitrogens with zero attached hydrogens (tertiary/aromatic N) is 1. The molecule has 0 aliphatic carbocycles. The van der Waals surface area contributed by atoms with Gasteiger partial charge in [0.15, 0.2) is 5.78 Å². The molecule has 90 valence electrons. The smallest absolute Gasteiger partial charge is 0.187 e. The number of likely N-dealkylation sites (tertiary alicyclic amines) is 1. The van der Waals surface area contributed by atoms with Crippen LogP contribution in [0, 0.1) is 0 Å². The molecule has 0 saturated carbocycles. The fraction of sp³-hybridized carbons (Fsp3) is 0.357. The van der Waals surface area contributed by atoms with E-state index in [9.17, 15) is 4.79 Å². The van der Waals surface area contributed by atoms with Crippen molar-refractivity contribution in [3.8, 4) is 0 Å². The number of hydrogen-bond donors (Lipinski definition) is 0. The van der Waals surface area contributed by atoms with Gasteiger partial charge in [-0.2, -0.15) is 0 Å². The van der Waals surface area contributed by atoms with Crippen molar-refractivity contribution in [2.75, 3.05) is 13.6 Å². The Kier molecular flexibility index (Phi) is 3.85. The standard InChI is InChI=1S/C14H16ClNO/c1-16-9-3-2-4-13(16)10-14(17)11-5-7-12(15)8-6-11/h5-8,10H,2-4,9H2,1H3. The second kappa shape index (κ2) is 5.37. The summed E-state index contributed by atoms with van der Waals surface area (Å²) in [6.07, 6.45) is 5.13. The lowest BCUT2D eigenvalue weighted by Crippen LogP contribution is -2.24. The van der Waals surface area contributed by atoms with Gasteiger partial charge in [0.1, 0.15) is 0 Å². The topological polar surface area (TPSA) is 20.3 Å². The van der Waals surface area contributed by atoms with Crippen LogP contribution >= 0.6 is 11.6 Å². The van der Waals surface area contributed by atoms with E-state index in [1.54, 1.807) is 30.3 Å². The zero-order valence-corrected chi connectivity index (χ0v) is 10.7. The quantitative estimate of drug-likeness (QED) is 0.590. The highest BCUT2D eigenvalue weighted by atomic mass is 35.5. The van der Waals surface area contributed by atoms with Crippen LogP contribution in [0.4, 0.5) is 0 Å². The van der Waals surface area contributed by atoms with Gasteiger partial charge in [0, 0.05) is 36.0 Å². The maximum atomic E-state index is 12.0. The molecule has 1 aromatic carbocycles. The first kappa shape index (κ1) is 12.2. The lowest BCUT2D eigenvalue weighted by atomic mass is 10.0. The summed E-state index contributed by atoms with van der Waals surface area (Å²) < 4.78 is 0. The molecule has 0 amide bonds. The van der Waals surface area contributed by atoms with Crippen LogP contribution in [0.5, 0.6) is 0 Å². The monoisotopic (exact) mass is 249 g/mol. The highest BCUT2D eigenvalue weighted by molar-refractivity contribution is 6.30. The SMILES string of the molecule is CN1CCCCC1=CC(=O)c1ccc(Cl)cc1. The largest absolute Gasteiger partial charge is 0.378 e. The van der Waals surface area contributed by atoms with Gasteiger partial charge in [-0.1, -0.05) is 11.6 Å². The van der Waals surface area contributed by atoms with Crippen molar-refractivity contribution in [2.24, 2.45) is 0 Å². The zero-order valence-electron chi connectivity index (χ0n) is 9.95. The van der Waals surface area contributed by atoms with Gasteiger partial charge in [0.25, 0.3) is 0 Å². The van der Waals surface area contributed by atoms with Crippen LogP contribution in [-0.2, 0) is 0 Å². The number of piperidine rings is 1. The zero-order chi connectivity index (χ0) is 12.3. The normalized spacial score (nSPS) is 18.5. The molecular formula is C14H16ClNO. The van der Waals surface area contributed by atoms with E-state index in [-0.39, 0.29) is 5.78 Å². The molecule has 0 spiro atoms. The van der Waals surface area contributed by atoms with Crippen LogP contribution in [0.15, 0.2) is 36.0 Å². The number of rotatable bonds is 2. The molecule has 1 aromatic rings. The molecule has 1 heterocycles. The third kappa shape index (κ3) is 3.10. The van der Waals surface area contributed by atoms with E-state index in [2.05, 4.69) is 4.90 Å². The van der Waals surface area contributed by atoms with E-state index < -0.39 is 0 Å². The molecule has 1 aliphatic heterocycles. The van der Waals surface area contributed by atoms with Crippen LogP contribution in [0.25, 0.3) is 0 Å². The number of halogens is 1. The molecule has 2 nitrogen and oxygen atoms in total. The van der Waals surface area contributed by atoms with Crippen molar-refractivity contribution in [2.45, 2.75) is 19.3 Å². The van der Waals surface area contributed by atoms with Gasteiger partial charge in [-0.05, 0) is 43.5 Å². The van der Waals surface area contributed by atoms with Crippen molar-refractivity contribution in [1.29, 1.82) is 0 Å². The minimum Gasteiger partial charge on any atom is -0.378 e. The summed E-state index contributed by atoms with van der Waals surface area (Å²) in [5.74, 6) is 0.0606. The molecular weight excluding hydrogens is 234 g/mol. The number of hydrogen-bond acceptors (Lipinski definition) is 2. The molecule has 17 heavy (non-hydrogen) atoms. The molecule has 1 saturated heterocycles. The van der Waals surface area contributed by atoms with Crippen molar-refractivity contribution in [3.63, 3.8) is 0 Å². The fourth-order valence-electron chi connectivity index (χ4n) is 2.02. The van der Waals surface area contributed by atoms with Crippen LogP contribution in [0.1, 0.15) is 29.6 Å². The van der Waals surface area contributed by atoms with E-state index in [0.29, 0.717) is 10.6 Å². The van der Waals surface area contributed by atoms with Gasteiger partial charge in [-0.3, -0.25) is 4.79 Å². The maximum absolute atomic E-state index is 12.0. The Balaban J connectivity index is 2.15. The van der Waals surface area contributed by atoms with Crippen molar-refractivity contribution in [1.82, 2.24) is 4.90 Å². The second-order valence-electron chi connectivity index (χ2n) is 4.39. The van der Waals surface area contributed by atoms with Crippen molar-refractivity contribution >= 4 is 17.4 Å². The highest BCUT2D eigenvalue weighted by Gasteiger charge is 2.12. The lowest BCUT2D eigenvalue weighted by molar-refractivity contribution is 0.104. The van der Waals surface area contributed by atoms with Crippen LogP contribution in [0.2, 0.25) is 5.02 Å². The third-order valence-electron chi connectivity index (χ3n) is 3.09. The molecule has 1 aliphatic rings. The van der Waals surface area contributed by atoms with Gasteiger partial charge < -0.3 is 4.90 Å². The molecule has 0 bridgehead atoms. The predicted molar refractivity (Wildman–Crippen MR) is 70.3 cm³/mol. The van der Waals surface area contributed by atoms with Crippen molar-refractivity contribution < 1.29 is 4.79 Å². The number of ketones is 1. The number of allylic oxidation sites excluding steroid dienone is 2. The Morgan fingerprint density at radius 2 is 2.00 bits per heavy atom. The number of carbonyl (C=O) groups is 1. The molecule has 1 fully saturated rings. The molecule has 3 heteroatoms. The predicted octanol–water partition coefficient (Wildman–Crippen LogP) is 3.52. The summed E-state index contributed by atoms with van der Waals surface area (Å²) in [5, 5.41) is 0.656. The third-order valence-corrected chi connectivity index (χ3v) is 3.35. The fourth-order valence-corrected chi connectivity index (χ4v) is 2.15. The first-order valence-corrected chi connectivity index (χ1v) is 6.26. The van der Waals surface area contributed by atoms with Gasteiger partial charge in [0.05, 0.1) is 0 Å². The number of benzene rings is 1. The van der Waals surface area contributed by atoms with E-state index in [1.807, 2.05) is 7.05 Å². The summed E-state index contributed by atoms with van der Waals surface area (Å²) in [6.45, 7) is 1.04. The van der Waals surface area contributed by atoms with Gasteiger partial charge in [-0.25, -0.2) is 0 Å². The minimum atomic E-state index is 0.0606. The molecule has 0 radical (unpaired) electrons. The minimum absolute atomic E-state index is 0.0606. The van der Waals surface area contributed by atoms with E-state index >= 15 is 0 Å². The first-order chi connectivity index (χ1) is 8.16. The maximum Gasteiger partial charge on any atom is 0.187 e. The average Bonchev–Trinajstić information content (AvgIpc) is 2.33. The Morgan fingerprint density at radius 1 is 1.29 bits per heavy atom. The van der Waals surface area contributed by atoms with Crippen molar-refractivity contribution in [3.05, 3.63) is 46.6 Å². The Morgan fingerprint density at radius 3 is 2.65 bits per heavy atom. The molecule has 2 rings (SSSR count).